The van der Waals surface area contributed by atoms with Gasteiger partial charge in [0.05, 0.1) is 0 Å². The van der Waals surface area contributed by atoms with E-state index >= 15 is 0 Å². The molecule has 9 heteroatoms. The fourth-order valence-electron chi connectivity index (χ4n) is 4.25. The van der Waals surface area contributed by atoms with Crippen LogP contribution >= 0.6 is 12.2 Å². The largest absolute Gasteiger partial charge is 0.454 e. The fourth-order valence-corrected chi connectivity index (χ4v) is 4.41. The maximum Gasteiger partial charge on any atom is 0.232 e. The normalized spacial score (nSPS) is 17.7. The molecule has 2 aromatic rings. The van der Waals surface area contributed by atoms with E-state index in [1.807, 2.05) is 18.2 Å². The Morgan fingerprint density at radius 2 is 1.52 bits per heavy atom. The molecule has 1 aromatic heterocycles. The fraction of sp³-hybridized carbons (Fsp3) is 0.500. The molecule has 3 aliphatic rings. The third-order valence-electron chi connectivity index (χ3n) is 5.92. The molecule has 8 nitrogen and oxygen atoms in total. The maximum absolute atomic E-state index is 5.53. The van der Waals surface area contributed by atoms with E-state index in [9.17, 15) is 0 Å². The molecular formula is C22H28N6O2S. The summed E-state index contributed by atoms with van der Waals surface area (Å²) in [4.78, 5) is 14.2. The highest BCUT2D eigenvalue weighted by atomic mass is 32.1. The highest BCUT2D eigenvalue weighted by Gasteiger charge is 2.20. The molecule has 4 heterocycles. The Labute approximate surface area is 187 Å². The van der Waals surface area contributed by atoms with Crippen LogP contribution in [0.2, 0.25) is 0 Å². The average Bonchev–Trinajstić information content (AvgIpc) is 3.50. The monoisotopic (exact) mass is 440 g/mol. The van der Waals surface area contributed by atoms with Gasteiger partial charge in [-0.1, -0.05) is 6.07 Å². The lowest BCUT2D eigenvalue weighted by Crippen LogP contribution is -2.32. The molecule has 5 rings (SSSR count). The molecule has 164 valence electrons. The van der Waals surface area contributed by atoms with Crippen molar-refractivity contribution in [3.63, 3.8) is 0 Å². The second kappa shape index (κ2) is 9.13. The first-order chi connectivity index (χ1) is 15.2. The summed E-state index contributed by atoms with van der Waals surface area (Å²) < 4.78 is 10.8. The lowest BCUT2D eigenvalue weighted by atomic mass is 10.1. The number of hydrogen-bond donors (Lipinski definition) is 2. The average molecular weight is 441 g/mol. The molecule has 0 amide bonds. The first-order valence-electron chi connectivity index (χ1n) is 11.1. The van der Waals surface area contributed by atoms with Crippen molar-refractivity contribution in [2.75, 3.05) is 48.1 Å². The Balaban J connectivity index is 1.27. The van der Waals surface area contributed by atoms with Crippen LogP contribution in [0.5, 0.6) is 11.5 Å². The molecule has 0 aliphatic carbocycles. The molecular weight excluding hydrogens is 412 g/mol. The van der Waals surface area contributed by atoms with E-state index in [4.69, 9.17) is 31.7 Å². The van der Waals surface area contributed by atoms with Gasteiger partial charge in [-0.3, -0.25) is 0 Å². The first kappa shape index (κ1) is 20.1. The Morgan fingerprint density at radius 3 is 2.23 bits per heavy atom. The Morgan fingerprint density at radius 1 is 0.871 bits per heavy atom. The van der Waals surface area contributed by atoms with Crippen LogP contribution in [0.25, 0.3) is 0 Å². The van der Waals surface area contributed by atoms with Gasteiger partial charge in [-0.2, -0.15) is 9.97 Å². The minimum atomic E-state index is 0.274. The summed E-state index contributed by atoms with van der Waals surface area (Å²) >= 11 is 5.53. The van der Waals surface area contributed by atoms with Gasteiger partial charge >= 0.3 is 0 Å². The maximum atomic E-state index is 5.53. The van der Waals surface area contributed by atoms with Crippen molar-refractivity contribution in [3.05, 3.63) is 29.8 Å². The Bertz CT molecular complexity index is 944. The quantitative estimate of drug-likeness (QED) is 0.681. The van der Waals surface area contributed by atoms with Crippen molar-refractivity contribution < 1.29 is 9.47 Å². The number of rotatable bonds is 5. The van der Waals surface area contributed by atoms with E-state index in [0.29, 0.717) is 17.6 Å². The molecule has 2 fully saturated rings. The predicted octanol–water partition coefficient (Wildman–Crippen LogP) is 3.28. The lowest BCUT2D eigenvalue weighted by molar-refractivity contribution is 0.174. The van der Waals surface area contributed by atoms with Crippen molar-refractivity contribution in [1.82, 2.24) is 15.3 Å². The van der Waals surface area contributed by atoms with Crippen LogP contribution in [0.15, 0.2) is 24.3 Å². The Hall–Kier alpha value is -2.81. The molecule has 2 N–H and O–H groups in total. The van der Waals surface area contributed by atoms with Gasteiger partial charge in [0, 0.05) is 38.8 Å². The van der Waals surface area contributed by atoms with Gasteiger partial charge in [-0.15, -0.1) is 0 Å². The highest BCUT2D eigenvalue weighted by Crippen LogP contribution is 2.32. The van der Waals surface area contributed by atoms with Gasteiger partial charge in [0.15, 0.2) is 16.6 Å². The minimum absolute atomic E-state index is 0.274. The highest BCUT2D eigenvalue weighted by molar-refractivity contribution is 7.80. The number of aromatic nitrogens is 2. The molecule has 0 unspecified atom stereocenters. The molecule has 0 spiro atoms. The number of thiocarbonyl (C=S) groups is 1. The molecule has 31 heavy (non-hydrogen) atoms. The standard InChI is InChI=1S/C22H28N6O2S/c31-22(23-14-16-6-7-17-18(12-16)30-15-29-17)26-21-24-19(27-8-2-1-3-9-27)13-20(25-21)28-10-4-5-11-28/h6-7,12-13H,1-5,8-11,14-15H2,(H2,23,24,25,26,31). The van der Waals surface area contributed by atoms with E-state index < -0.39 is 0 Å². The van der Waals surface area contributed by atoms with Crippen LogP contribution in [0.4, 0.5) is 17.6 Å². The number of anilines is 3. The second-order valence-corrected chi connectivity index (χ2v) is 8.55. The summed E-state index contributed by atoms with van der Waals surface area (Å²) in [6.45, 7) is 5.03. The summed E-state index contributed by atoms with van der Waals surface area (Å²) in [5, 5.41) is 6.94. The van der Waals surface area contributed by atoms with Gasteiger partial charge in [-0.25, -0.2) is 0 Å². The summed E-state index contributed by atoms with van der Waals surface area (Å²) in [7, 11) is 0. The summed E-state index contributed by atoms with van der Waals surface area (Å²) in [5.74, 6) is 4.06. The number of ether oxygens (including phenoxy) is 2. The zero-order valence-electron chi connectivity index (χ0n) is 17.6. The van der Waals surface area contributed by atoms with Crippen LogP contribution in [-0.4, -0.2) is 48.1 Å². The van der Waals surface area contributed by atoms with Crippen LogP contribution < -0.4 is 29.9 Å². The lowest BCUT2D eigenvalue weighted by Gasteiger charge is -2.29. The predicted molar refractivity (Wildman–Crippen MR) is 125 cm³/mol. The number of hydrogen-bond acceptors (Lipinski definition) is 7. The van der Waals surface area contributed by atoms with Gasteiger partial charge in [0.1, 0.15) is 11.6 Å². The van der Waals surface area contributed by atoms with Crippen LogP contribution in [0, 0.1) is 0 Å². The van der Waals surface area contributed by atoms with Gasteiger partial charge < -0.3 is 29.9 Å². The smallest absolute Gasteiger partial charge is 0.232 e. The zero-order valence-corrected chi connectivity index (χ0v) is 18.4. The molecule has 2 saturated heterocycles. The van der Waals surface area contributed by atoms with E-state index in [1.165, 1.54) is 32.1 Å². The molecule has 0 radical (unpaired) electrons. The topological polar surface area (TPSA) is 74.8 Å². The van der Waals surface area contributed by atoms with Crippen molar-refractivity contribution >= 4 is 34.9 Å². The third kappa shape index (κ3) is 4.76. The third-order valence-corrected chi connectivity index (χ3v) is 6.17. The number of fused-ring (bicyclic) bond motifs is 1. The molecule has 1 aromatic carbocycles. The van der Waals surface area contributed by atoms with E-state index in [1.54, 1.807) is 0 Å². The van der Waals surface area contributed by atoms with Crippen molar-refractivity contribution in [2.24, 2.45) is 0 Å². The minimum Gasteiger partial charge on any atom is -0.454 e. The van der Waals surface area contributed by atoms with E-state index in [0.717, 1.165) is 54.9 Å². The van der Waals surface area contributed by atoms with Crippen molar-refractivity contribution in [3.8, 4) is 11.5 Å². The van der Waals surface area contributed by atoms with Crippen molar-refractivity contribution in [1.29, 1.82) is 0 Å². The van der Waals surface area contributed by atoms with Crippen molar-refractivity contribution in [2.45, 2.75) is 38.6 Å². The SMILES string of the molecule is S=C(NCc1ccc2c(c1)OCO2)Nc1nc(N2CCCCC2)cc(N2CCCC2)n1. The van der Waals surface area contributed by atoms with E-state index in [-0.39, 0.29) is 6.79 Å². The van der Waals surface area contributed by atoms with Crippen LogP contribution in [0.3, 0.4) is 0 Å². The first-order valence-corrected chi connectivity index (χ1v) is 11.5. The molecule has 3 aliphatic heterocycles. The number of nitrogens with one attached hydrogen (secondary N) is 2. The van der Waals surface area contributed by atoms with Crippen LogP contribution in [0.1, 0.15) is 37.7 Å². The molecule has 0 atom stereocenters. The van der Waals surface area contributed by atoms with Gasteiger partial charge in [-0.05, 0) is 62.0 Å². The summed E-state index contributed by atoms with van der Waals surface area (Å²) in [6, 6.07) is 8.02. The van der Waals surface area contributed by atoms with Gasteiger partial charge in [0.25, 0.3) is 0 Å². The summed E-state index contributed by atoms with van der Waals surface area (Å²) in [6.07, 6.45) is 6.13. The number of benzene rings is 1. The Kier molecular flexibility index (Phi) is 5.93. The molecule has 0 saturated carbocycles. The zero-order chi connectivity index (χ0) is 21.0. The summed E-state index contributed by atoms with van der Waals surface area (Å²) in [5.41, 5.74) is 1.06. The number of nitrogens with zero attached hydrogens (tertiary/aromatic N) is 4. The van der Waals surface area contributed by atoms with E-state index in [2.05, 4.69) is 26.5 Å². The second-order valence-electron chi connectivity index (χ2n) is 8.15. The van der Waals surface area contributed by atoms with Gasteiger partial charge in [0.2, 0.25) is 12.7 Å². The van der Waals surface area contributed by atoms with Crippen LogP contribution in [-0.2, 0) is 6.54 Å². The molecule has 0 bridgehead atoms. The number of piperidine rings is 1.